The largest absolute Gasteiger partial charge is 0.328 e. The first-order chi connectivity index (χ1) is 14.2. The summed E-state index contributed by atoms with van der Waals surface area (Å²) in [6, 6.07) is 10.3. The van der Waals surface area contributed by atoms with Crippen LogP contribution in [0.3, 0.4) is 0 Å². The van der Waals surface area contributed by atoms with Crippen molar-refractivity contribution in [3.05, 3.63) is 77.9 Å². The number of imidazole rings is 1. The van der Waals surface area contributed by atoms with E-state index in [9.17, 15) is 0 Å². The number of nitrogens with zero attached hydrogens (tertiary/aromatic N) is 7. The van der Waals surface area contributed by atoms with Crippen LogP contribution in [0.5, 0.6) is 0 Å². The third-order valence-corrected chi connectivity index (χ3v) is 6.00. The SMILES string of the molecule is CC1Cc2ncn(Cc3cn(Cc4ccc(-n5cccn5)cc4)nn3)c2CC1C. The van der Waals surface area contributed by atoms with E-state index in [-0.39, 0.29) is 0 Å². The molecule has 1 aliphatic rings. The van der Waals surface area contributed by atoms with Gasteiger partial charge in [-0.1, -0.05) is 31.2 Å². The second-order valence-electron chi connectivity index (χ2n) is 8.15. The zero-order chi connectivity index (χ0) is 19.8. The van der Waals surface area contributed by atoms with Gasteiger partial charge in [-0.05, 0) is 48.4 Å². The first-order valence-electron chi connectivity index (χ1n) is 10.2. The molecule has 0 amide bonds. The van der Waals surface area contributed by atoms with Gasteiger partial charge in [-0.2, -0.15) is 5.10 Å². The van der Waals surface area contributed by atoms with E-state index in [4.69, 9.17) is 0 Å². The summed E-state index contributed by atoms with van der Waals surface area (Å²) >= 11 is 0. The molecule has 1 aromatic carbocycles. The molecule has 0 bridgehead atoms. The van der Waals surface area contributed by atoms with Gasteiger partial charge in [0.1, 0.15) is 5.69 Å². The Kier molecular flexibility index (Phi) is 4.50. The topological polar surface area (TPSA) is 66.3 Å². The Morgan fingerprint density at radius 1 is 1.03 bits per heavy atom. The van der Waals surface area contributed by atoms with Crippen molar-refractivity contribution in [2.75, 3.05) is 0 Å². The molecule has 0 saturated carbocycles. The molecule has 0 radical (unpaired) electrons. The summed E-state index contributed by atoms with van der Waals surface area (Å²) in [5.41, 5.74) is 5.80. The average Bonchev–Trinajstić information content (AvgIpc) is 3.47. The van der Waals surface area contributed by atoms with Crippen molar-refractivity contribution in [1.82, 2.24) is 34.3 Å². The monoisotopic (exact) mass is 387 g/mol. The van der Waals surface area contributed by atoms with E-state index in [0.29, 0.717) is 18.4 Å². The zero-order valence-electron chi connectivity index (χ0n) is 16.8. The second-order valence-corrected chi connectivity index (χ2v) is 8.15. The predicted octanol–water partition coefficient (Wildman–Crippen LogP) is 3.13. The van der Waals surface area contributed by atoms with Gasteiger partial charge in [0.25, 0.3) is 0 Å². The van der Waals surface area contributed by atoms with Crippen LogP contribution >= 0.6 is 0 Å². The molecule has 0 fully saturated rings. The first kappa shape index (κ1) is 17.8. The predicted molar refractivity (Wildman–Crippen MR) is 110 cm³/mol. The maximum atomic E-state index is 4.64. The Labute approximate surface area is 170 Å². The van der Waals surface area contributed by atoms with Crippen molar-refractivity contribution < 1.29 is 0 Å². The first-order valence-corrected chi connectivity index (χ1v) is 10.2. The van der Waals surface area contributed by atoms with E-state index in [0.717, 1.165) is 30.8 Å². The second kappa shape index (κ2) is 7.31. The van der Waals surface area contributed by atoms with Crippen LogP contribution in [0, 0.1) is 11.8 Å². The van der Waals surface area contributed by atoms with E-state index < -0.39 is 0 Å². The average molecular weight is 387 g/mol. The molecule has 148 valence electrons. The fourth-order valence-electron chi connectivity index (χ4n) is 4.03. The Morgan fingerprint density at radius 2 is 1.86 bits per heavy atom. The third-order valence-electron chi connectivity index (χ3n) is 6.00. The highest BCUT2D eigenvalue weighted by molar-refractivity contribution is 5.33. The number of rotatable bonds is 5. The van der Waals surface area contributed by atoms with Gasteiger partial charge in [-0.15, -0.1) is 5.10 Å². The summed E-state index contributed by atoms with van der Waals surface area (Å²) < 4.78 is 5.99. The summed E-state index contributed by atoms with van der Waals surface area (Å²) in [6.07, 6.45) is 9.88. The van der Waals surface area contributed by atoms with E-state index in [1.165, 1.54) is 17.0 Å². The molecule has 4 aromatic rings. The molecule has 1 aliphatic carbocycles. The molecule has 2 unspecified atom stereocenters. The van der Waals surface area contributed by atoms with Crippen molar-refractivity contribution in [3.8, 4) is 5.69 Å². The Morgan fingerprint density at radius 3 is 2.66 bits per heavy atom. The van der Waals surface area contributed by atoms with E-state index in [2.05, 4.69) is 63.1 Å². The normalized spacial score (nSPS) is 18.7. The van der Waals surface area contributed by atoms with Crippen molar-refractivity contribution in [1.29, 1.82) is 0 Å². The van der Waals surface area contributed by atoms with Gasteiger partial charge in [0.05, 0.1) is 37.0 Å². The number of hydrogen-bond donors (Lipinski definition) is 0. The molecule has 2 atom stereocenters. The molecule has 0 spiro atoms. The lowest BCUT2D eigenvalue weighted by atomic mass is 9.82. The molecule has 0 aliphatic heterocycles. The van der Waals surface area contributed by atoms with Crippen LogP contribution in [0.15, 0.2) is 55.2 Å². The van der Waals surface area contributed by atoms with Gasteiger partial charge in [0, 0.05) is 18.1 Å². The minimum absolute atomic E-state index is 0.693. The number of hydrogen-bond acceptors (Lipinski definition) is 4. The van der Waals surface area contributed by atoms with E-state index in [1.54, 1.807) is 6.20 Å². The molecule has 29 heavy (non-hydrogen) atoms. The van der Waals surface area contributed by atoms with Crippen LogP contribution in [-0.2, 0) is 25.9 Å². The van der Waals surface area contributed by atoms with Gasteiger partial charge in [-0.3, -0.25) is 0 Å². The van der Waals surface area contributed by atoms with Crippen LogP contribution in [-0.4, -0.2) is 34.3 Å². The lowest BCUT2D eigenvalue weighted by molar-refractivity contribution is 0.349. The lowest BCUT2D eigenvalue weighted by Gasteiger charge is -2.26. The van der Waals surface area contributed by atoms with Crippen LogP contribution in [0.25, 0.3) is 5.69 Å². The van der Waals surface area contributed by atoms with Gasteiger partial charge in [-0.25, -0.2) is 14.3 Å². The highest BCUT2D eigenvalue weighted by Gasteiger charge is 2.25. The summed E-state index contributed by atoms with van der Waals surface area (Å²) in [4.78, 5) is 4.64. The number of benzene rings is 1. The van der Waals surface area contributed by atoms with Crippen molar-refractivity contribution >= 4 is 0 Å². The zero-order valence-corrected chi connectivity index (χ0v) is 16.8. The Balaban J connectivity index is 1.27. The van der Waals surface area contributed by atoms with Gasteiger partial charge in [0.2, 0.25) is 0 Å². The molecular formula is C22H25N7. The molecule has 5 rings (SSSR count). The molecule has 7 nitrogen and oxygen atoms in total. The number of aromatic nitrogens is 7. The van der Waals surface area contributed by atoms with Gasteiger partial charge >= 0.3 is 0 Å². The third kappa shape index (κ3) is 3.60. The van der Waals surface area contributed by atoms with E-state index in [1.807, 2.05) is 34.2 Å². The lowest BCUT2D eigenvalue weighted by Crippen LogP contribution is -2.22. The Bertz CT molecular complexity index is 1090. The van der Waals surface area contributed by atoms with Crippen molar-refractivity contribution in [2.45, 2.75) is 39.8 Å². The van der Waals surface area contributed by atoms with Crippen LogP contribution < -0.4 is 0 Å². The summed E-state index contributed by atoms with van der Waals surface area (Å²) in [5, 5.41) is 13.0. The maximum Gasteiger partial charge on any atom is 0.102 e. The van der Waals surface area contributed by atoms with Crippen LogP contribution in [0.2, 0.25) is 0 Å². The standard InChI is InChI=1S/C22H25N7/c1-16-10-21-22(11-17(16)2)27(15-23-21)13-19-14-28(26-25-19)12-18-4-6-20(7-5-18)29-9-3-8-24-29/h3-9,14-17H,10-13H2,1-2H3. The summed E-state index contributed by atoms with van der Waals surface area (Å²) in [5.74, 6) is 1.39. The van der Waals surface area contributed by atoms with Crippen molar-refractivity contribution in [2.24, 2.45) is 11.8 Å². The van der Waals surface area contributed by atoms with E-state index >= 15 is 0 Å². The fourth-order valence-corrected chi connectivity index (χ4v) is 4.03. The van der Waals surface area contributed by atoms with Gasteiger partial charge in [0.15, 0.2) is 0 Å². The van der Waals surface area contributed by atoms with Crippen LogP contribution in [0.4, 0.5) is 0 Å². The number of fused-ring (bicyclic) bond motifs is 1. The Hall–Kier alpha value is -3.22. The molecule has 0 saturated heterocycles. The quantitative estimate of drug-likeness (QED) is 0.528. The fraction of sp³-hybridized carbons (Fsp3) is 0.364. The highest BCUT2D eigenvalue weighted by Crippen LogP contribution is 2.29. The molecule has 7 heteroatoms. The smallest absolute Gasteiger partial charge is 0.102 e. The minimum atomic E-state index is 0.693. The van der Waals surface area contributed by atoms with Crippen LogP contribution in [0.1, 0.15) is 36.5 Å². The molecule has 3 heterocycles. The molecule has 0 N–H and O–H groups in total. The van der Waals surface area contributed by atoms with Gasteiger partial charge < -0.3 is 4.57 Å². The minimum Gasteiger partial charge on any atom is -0.328 e. The molecule has 3 aromatic heterocycles. The summed E-state index contributed by atoms with van der Waals surface area (Å²) in [7, 11) is 0. The maximum absolute atomic E-state index is 4.64. The summed E-state index contributed by atoms with van der Waals surface area (Å²) in [6.45, 7) is 6.07. The van der Waals surface area contributed by atoms with Crippen molar-refractivity contribution in [3.63, 3.8) is 0 Å². The molecular weight excluding hydrogens is 362 g/mol. The highest BCUT2D eigenvalue weighted by atomic mass is 15.4.